The Kier molecular flexibility index (Phi) is 3.47. The highest BCUT2D eigenvalue weighted by atomic mass is 32.1. The van der Waals surface area contributed by atoms with Crippen molar-refractivity contribution in [1.29, 1.82) is 0 Å². The Bertz CT molecular complexity index is 579. The van der Waals surface area contributed by atoms with Gasteiger partial charge in [-0.2, -0.15) is 0 Å². The van der Waals surface area contributed by atoms with Crippen LogP contribution in [0.1, 0.15) is 0 Å². The molecule has 1 unspecified atom stereocenters. The van der Waals surface area contributed by atoms with Crippen LogP contribution < -0.4 is 14.0 Å². The number of methoxy groups -OCH3 is 2. The number of fused-ring (bicyclic) bond motifs is 1. The molecule has 0 radical (unpaired) electrons. The molecule has 1 heterocycles. The van der Waals surface area contributed by atoms with Crippen molar-refractivity contribution in [3.05, 3.63) is 12.1 Å². The zero-order valence-corrected chi connectivity index (χ0v) is 11.7. The summed E-state index contributed by atoms with van der Waals surface area (Å²) in [5.74, 6) is 1.12. The van der Waals surface area contributed by atoms with E-state index in [9.17, 15) is 4.57 Å². The fourth-order valence-electron chi connectivity index (χ4n) is 1.42. The van der Waals surface area contributed by atoms with E-state index in [0.29, 0.717) is 17.0 Å². The Labute approximate surface area is 108 Å². The molecule has 1 atom stereocenters. The monoisotopic (exact) mass is 289 g/mol. The van der Waals surface area contributed by atoms with Gasteiger partial charge in [-0.25, -0.2) is 9.55 Å². The summed E-state index contributed by atoms with van der Waals surface area (Å²) in [6.07, 6.45) is 0. The highest BCUT2D eigenvalue weighted by Gasteiger charge is 2.17. The van der Waals surface area contributed by atoms with E-state index in [2.05, 4.69) is 4.98 Å². The third kappa shape index (κ3) is 2.75. The first-order chi connectivity index (χ1) is 8.43. The molecule has 2 rings (SSSR count). The van der Waals surface area contributed by atoms with E-state index in [1.54, 1.807) is 12.1 Å². The molecule has 0 saturated carbocycles. The van der Waals surface area contributed by atoms with E-state index in [0.717, 1.165) is 11.4 Å². The predicted molar refractivity (Wildman–Crippen MR) is 69.1 cm³/mol. The first-order valence-corrected chi connectivity index (χ1v) is 7.79. The zero-order valence-electron chi connectivity index (χ0n) is 10.0. The van der Waals surface area contributed by atoms with Crippen molar-refractivity contribution < 1.29 is 23.5 Å². The van der Waals surface area contributed by atoms with Gasteiger partial charge in [-0.15, -0.1) is 0 Å². The van der Waals surface area contributed by atoms with Crippen LogP contribution in [0.25, 0.3) is 10.2 Å². The molecule has 6 nitrogen and oxygen atoms in total. The minimum absolute atomic E-state index is 0.147. The Morgan fingerprint density at radius 3 is 2.44 bits per heavy atom. The SMILES string of the molecule is COc1cc2nc(OP(C)(=O)O)sc2cc1OC. The average Bonchev–Trinajstić information content (AvgIpc) is 2.65. The molecule has 0 aliphatic heterocycles. The Morgan fingerprint density at radius 1 is 1.28 bits per heavy atom. The normalized spacial score (nSPS) is 14.2. The number of hydrogen-bond donors (Lipinski definition) is 1. The Morgan fingerprint density at radius 2 is 1.89 bits per heavy atom. The largest absolute Gasteiger partial charge is 0.493 e. The van der Waals surface area contributed by atoms with Crippen molar-refractivity contribution in [1.82, 2.24) is 4.98 Å². The first-order valence-electron chi connectivity index (χ1n) is 4.95. The maximum Gasteiger partial charge on any atom is 0.375 e. The average molecular weight is 289 g/mol. The van der Waals surface area contributed by atoms with E-state index < -0.39 is 7.60 Å². The van der Waals surface area contributed by atoms with Gasteiger partial charge >= 0.3 is 7.60 Å². The molecule has 0 saturated heterocycles. The van der Waals surface area contributed by atoms with Crippen molar-refractivity contribution in [3.8, 4) is 16.7 Å². The van der Waals surface area contributed by atoms with Crippen molar-refractivity contribution in [2.24, 2.45) is 0 Å². The maximum absolute atomic E-state index is 11.2. The molecule has 0 amide bonds. The van der Waals surface area contributed by atoms with Gasteiger partial charge in [-0.3, -0.25) is 0 Å². The van der Waals surface area contributed by atoms with Crippen LogP contribution in [0.3, 0.4) is 0 Å². The van der Waals surface area contributed by atoms with Gasteiger partial charge < -0.3 is 18.9 Å². The van der Waals surface area contributed by atoms with E-state index in [1.807, 2.05) is 0 Å². The number of thiazole rings is 1. The van der Waals surface area contributed by atoms with Gasteiger partial charge in [-0.05, 0) is 0 Å². The van der Waals surface area contributed by atoms with Crippen molar-refractivity contribution in [3.63, 3.8) is 0 Å². The molecule has 0 aliphatic carbocycles. The van der Waals surface area contributed by atoms with Gasteiger partial charge in [0, 0.05) is 18.8 Å². The molecule has 98 valence electrons. The van der Waals surface area contributed by atoms with Crippen LogP contribution in [0, 0.1) is 0 Å². The number of benzene rings is 1. The van der Waals surface area contributed by atoms with Gasteiger partial charge in [0.15, 0.2) is 11.5 Å². The Balaban J connectivity index is 2.48. The van der Waals surface area contributed by atoms with Crippen LogP contribution in [-0.2, 0) is 4.57 Å². The fourth-order valence-corrected chi connectivity index (χ4v) is 3.02. The maximum atomic E-state index is 11.2. The topological polar surface area (TPSA) is 77.9 Å². The fraction of sp³-hybridized carbons (Fsp3) is 0.300. The molecule has 0 fully saturated rings. The summed E-state index contributed by atoms with van der Waals surface area (Å²) in [5.41, 5.74) is 0.626. The van der Waals surface area contributed by atoms with Crippen LogP contribution in [0.5, 0.6) is 16.7 Å². The second-order valence-corrected chi connectivity index (χ2v) is 6.33. The smallest absolute Gasteiger partial charge is 0.375 e. The van der Waals surface area contributed by atoms with E-state index >= 15 is 0 Å². The molecular weight excluding hydrogens is 277 g/mol. The van der Waals surface area contributed by atoms with Gasteiger partial charge in [0.1, 0.15) is 0 Å². The second-order valence-electron chi connectivity index (χ2n) is 3.55. The second kappa shape index (κ2) is 4.76. The molecule has 0 bridgehead atoms. The lowest BCUT2D eigenvalue weighted by atomic mass is 10.3. The van der Waals surface area contributed by atoms with Gasteiger partial charge in [0.2, 0.25) is 0 Å². The van der Waals surface area contributed by atoms with Crippen molar-refractivity contribution in [2.75, 3.05) is 20.9 Å². The third-order valence-corrected chi connectivity index (χ3v) is 3.65. The molecule has 1 aromatic heterocycles. The van der Waals surface area contributed by atoms with Crippen LogP contribution in [0.2, 0.25) is 0 Å². The summed E-state index contributed by atoms with van der Waals surface area (Å²) in [4.78, 5) is 13.3. The summed E-state index contributed by atoms with van der Waals surface area (Å²) < 4.78 is 27.1. The summed E-state index contributed by atoms with van der Waals surface area (Å²) >= 11 is 1.17. The van der Waals surface area contributed by atoms with Crippen molar-refractivity contribution >= 4 is 29.1 Å². The minimum atomic E-state index is -3.60. The predicted octanol–water partition coefficient (Wildman–Crippen LogP) is 2.51. The third-order valence-electron chi connectivity index (χ3n) is 2.12. The Hall–Kier alpha value is -1.30. The summed E-state index contributed by atoms with van der Waals surface area (Å²) in [7, 11) is -0.528. The lowest BCUT2D eigenvalue weighted by Gasteiger charge is -2.05. The highest BCUT2D eigenvalue weighted by molar-refractivity contribution is 7.52. The van der Waals surface area contributed by atoms with Crippen LogP contribution >= 0.6 is 18.9 Å². The van der Waals surface area contributed by atoms with Gasteiger partial charge in [-0.1, -0.05) is 11.3 Å². The lowest BCUT2D eigenvalue weighted by Crippen LogP contribution is -1.90. The quantitative estimate of drug-likeness (QED) is 0.871. The van der Waals surface area contributed by atoms with Crippen molar-refractivity contribution in [2.45, 2.75) is 0 Å². The number of aromatic nitrogens is 1. The minimum Gasteiger partial charge on any atom is -0.493 e. The van der Waals surface area contributed by atoms with E-state index in [4.69, 9.17) is 18.9 Å². The summed E-state index contributed by atoms with van der Waals surface area (Å²) in [6, 6.07) is 3.44. The molecule has 0 spiro atoms. The summed E-state index contributed by atoms with van der Waals surface area (Å²) in [5, 5.41) is 0.147. The first kappa shape index (κ1) is 13.1. The molecule has 0 aliphatic rings. The number of nitrogens with zero attached hydrogens (tertiary/aromatic N) is 1. The molecule has 1 N–H and O–H groups in total. The summed E-state index contributed by atoms with van der Waals surface area (Å²) in [6.45, 7) is 1.11. The number of ether oxygens (including phenoxy) is 2. The molecule has 2 aromatic rings. The zero-order chi connectivity index (χ0) is 13.3. The molecule has 18 heavy (non-hydrogen) atoms. The highest BCUT2D eigenvalue weighted by Crippen LogP contribution is 2.43. The standard InChI is InChI=1S/C10H12NO5PS/c1-14-7-4-6-9(5-8(7)15-2)18-10(11-6)16-17(3,12)13/h4-5H,1-3H3,(H,12,13). The van der Waals surface area contributed by atoms with Crippen LogP contribution in [-0.4, -0.2) is 30.8 Å². The van der Waals surface area contributed by atoms with E-state index in [-0.39, 0.29) is 5.19 Å². The number of rotatable bonds is 4. The van der Waals surface area contributed by atoms with Crippen LogP contribution in [0.4, 0.5) is 0 Å². The molecule has 8 heteroatoms. The number of hydrogen-bond acceptors (Lipinski definition) is 6. The van der Waals surface area contributed by atoms with Gasteiger partial charge in [0.25, 0.3) is 5.19 Å². The van der Waals surface area contributed by atoms with Crippen LogP contribution in [0.15, 0.2) is 12.1 Å². The lowest BCUT2D eigenvalue weighted by molar-refractivity contribution is 0.356. The van der Waals surface area contributed by atoms with E-state index in [1.165, 1.54) is 25.6 Å². The molecular formula is C10H12NO5PS. The molecule has 1 aromatic carbocycles. The van der Waals surface area contributed by atoms with Gasteiger partial charge in [0.05, 0.1) is 24.4 Å².